The Hall–Kier alpha value is -2.22. The van der Waals surface area contributed by atoms with Crippen LogP contribution in [-0.2, 0) is 0 Å². The van der Waals surface area contributed by atoms with E-state index in [2.05, 4.69) is 10.7 Å². The van der Waals surface area contributed by atoms with E-state index in [1.54, 1.807) is 0 Å². The third-order valence-electron chi connectivity index (χ3n) is 3.46. The van der Waals surface area contributed by atoms with Crippen LogP contribution in [0.15, 0.2) is 12.1 Å². The highest BCUT2D eigenvalue weighted by Crippen LogP contribution is 2.44. The summed E-state index contributed by atoms with van der Waals surface area (Å²) in [5.41, 5.74) is 1.17. The fourth-order valence-corrected chi connectivity index (χ4v) is 1.79. The molecule has 0 unspecified atom stereocenters. The normalized spacial score (nSPS) is 15.6. The van der Waals surface area contributed by atoms with Gasteiger partial charge in [0.1, 0.15) is 5.56 Å². The van der Waals surface area contributed by atoms with Crippen LogP contribution in [0.5, 0.6) is 0 Å². The van der Waals surface area contributed by atoms with Crippen LogP contribution in [0.3, 0.4) is 0 Å². The van der Waals surface area contributed by atoms with Gasteiger partial charge in [0.15, 0.2) is 5.82 Å². The number of carbonyl (C=O) groups is 1. The highest BCUT2D eigenvalue weighted by Gasteiger charge is 2.37. The number of nitro benzene ring substituents is 1. The van der Waals surface area contributed by atoms with E-state index < -0.39 is 22.3 Å². The Labute approximate surface area is 114 Å². The number of nitro groups is 1. The van der Waals surface area contributed by atoms with Gasteiger partial charge in [0.25, 0.3) is 11.6 Å². The van der Waals surface area contributed by atoms with E-state index in [9.17, 15) is 19.3 Å². The standard InChI is InChI=1S/C12H15FN4O3/c1-12(2-3-12)6-15-11(18)7-4-9(16-14)8(13)5-10(7)17(19)20/h4-5,16H,2-3,6,14H2,1H3,(H,15,18). The van der Waals surface area contributed by atoms with Crippen LogP contribution in [0.2, 0.25) is 0 Å². The van der Waals surface area contributed by atoms with E-state index in [1.807, 2.05) is 6.92 Å². The molecule has 0 bridgehead atoms. The number of carbonyl (C=O) groups excluding carboxylic acids is 1. The Morgan fingerprint density at radius 2 is 2.20 bits per heavy atom. The van der Waals surface area contributed by atoms with Gasteiger partial charge in [-0.05, 0) is 24.3 Å². The maximum atomic E-state index is 13.5. The lowest BCUT2D eigenvalue weighted by Gasteiger charge is -2.11. The zero-order chi connectivity index (χ0) is 14.9. The number of hydrogen-bond acceptors (Lipinski definition) is 5. The highest BCUT2D eigenvalue weighted by molar-refractivity contribution is 5.99. The topological polar surface area (TPSA) is 110 Å². The van der Waals surface area contributed by atoms with Crippen LogP contribution < -0.4 is 16.6 Å². The van der Waals surface area contributed by atoms with Gasteiger partial charge in [-0.1, -0.05) is 6.92 Å². The van der Waals surface area contributed by atoms with Gasteiger partial charge in [-0.15, -0.1) is 0 Å². The van der Waals surface area contributed by atoms with Gasteiger partial charge in [0.05, 0.1) is 16.7 Å². The fourth-order valence-electron chi connectivity index (χ4n) is 1.79. The number of halogens is 1. The minimum atomic E-state index is -0.884. The zero-order valence-corrected chi connectivity index (χ0v) is 10.9. The molecule has 108 valence electrons. The number of nitrogen functional groups attached to an aromatic ring is 1. The highest BCUT2D eigenvalue weighted by atomic mass is 19.1. The maximum absolute atomic E-state index is 13.5. The Morgan fingerprint density at radius 3 is 2.70 bits per heavy atom. The SMILES string of the molecule is CC1(CNC(=O)c2cc(NN)c(F)cc2[N+](=O)[O-])CC1. The Kier molecular flexibility index (Phi) is 3.58. The van der Waals surface area contributed by atoms with Crippen molar-refractivity contribution < 1.29 is 14.1 Å². The summed E-state index contributed by atoms with van der Waals surface area (Å²) in [4.78, 5) is 22.1. The van der Waals surface area contributed by atoms with E-state index >= 15 is 0 Å². The van der Waals surface area contributed by atoms with Crippen molar-refractivity contribution in [2.75, 3.05) is 12.0 Å². The second-order valence-electron chi connectivity index (χ2n) is 5.24. The number of benzene rings is 1. The molecule has 2 rings (SSSR count). The van der Waals surface area contributed by atoms with Gasteiger partial charge >= 0.3 is 0 Å². The van der Waals surface area contributed by atoms with Crippen molar-refractivity contribution in [3.05, 3.63) is 33.6 Å². The Balaban J connectivity index is 2.27. The number of rotatable bonds is 5. The van der Waals surface area contributed by atoms with Crippen LogP contribution >= 0.6 is 0 Å². The first-order valence-corrected chi connectivity index (χ1v) is 6.09. The molecule has 1 aliphatic carbocycles. The molecule has 1 aliphatic rings. The first-order valence-electron chi connectivity index (χ1n) is 6.09. The zero-order valence-electron chi connectivity index (χ0n) is 10.9. The molecule has 0 aliphatic heterocycles. The van der Waals surface area contributed by atoms with Gasteiger partial charge < -0.3 is 10.7 Å². The first-order chi connectivity index (χ1) is 9.36. The molecule has 8 heteroatoms. The number of nitrogens with two attached hydrogens (primary N) is 1. The van der Waals surface area contributed by atoms with Gasteiger partial charge in [-0.2, -0.15) is 0 Å². The molecule has 0 saturated heterocycles. The molecular formula is C12H15FN4O3. The average molecular weight is 282 g/mol. The maximum Gasteiger partial charge on any atom is 0.285 e. The van der Waals surface area contributed by atoms with E-state index in [-0.39, 0.29) is 16.7 Å². The summed E-state index contributed by atoms with van der Waals surface area (Å²) >= 11 is 0. The molecule has 0 spiro atoms. The molecule has 0 atom stereocenters. The molecule has 1 amide bonds. The Morgan fingerprint density at radius 1 is 1.55 bits per heavy atom. The third-order valence-corrected chi connectivity index (χ3v) is 3.46. The van der Waals surface area contributed by atoms with Crippen LogP contribution in [0.25, 0.3) is 0 Å². The summed E-state index contributed by atoms with van der Waals surface area (Å²) in [6.45, 7) is 2.45. The molecular weight excluding hydrogens is 267 g/mol. The van der Waals surface area contributed by atoms with Crippen molar-refractivity contribution in [2.45, 2.75) is 19.8 Å². The van der Waals surface area contributed by atoms with E-state index in [1.165, 1.54) is 0 Å². The molecule has 1 fully saturated rings. The van der Waals surface area contributed by atoms with Gasteiger partial charge in [0.2, 0.25) is 0 Å². The quantitative estimate of drug-likeness (QED) is 0.431. The second-order valence-corrected chi connectivity index (χ2v) is 5.24. The summed E-state index contributed by atoms with van der Waals surface area (Å²) in [5.74, 6) is 3.61. The molecule has 1 saturated carbocycles. The second kappa shape index (κ2) is 5.04. The molecule has 7 nitrogen and oxygen atoms in total. The van der Waals surface area contributed by atoms with Crippen LogP contribution in [0, 0.1) is 21.3 Å². The lowest BCUT2D eigenvalue weighted by Crippen LogP contribution is -2.29. The molecule has 0 aromatic heterocycles. The average Bonchev–Trinajstić information content (AvgIpc) is 3.14. The summed E-state index contributed by atoms with van der Waals surface area (Å²) < 4.78 is 13.5. The smallest absolute Gasteiger partial charge is 0.285 e. The van der Waals surface area contributed by atoms with Crippen molar-refractivity contribution >= 4 is 17.3 Å². The minimum Gasteiger partial charge on any atom is -0.351 e. The molecule has 4 N–H and O–H groups in total. The summed E-state index contributed by atoms with van der Waals surface area (Å²) in [6.07, 6.45) is 2.02. The number of amides is 1. The third kappa shape index (κ3) is 2.85. The number of nitrogens with one attached hydrogen (secondary N) is 2. The number of anilines is 1. The van der Waals surface area contributed by atoms with E-state index in [4.69, 9.17) is 5.84 Å². The molecule has 1 aromatic rings. The number of hydrazine groups is 1. The Bertz CT molecular complexity index is 572. The molecule has 20 heavy (non-hydrogen) atoms. The fraction of sp³-hybridized carbons (Fsp3) is 0.417. The van der Waals surface area contributed by atoms with E-state index in [0.717, 1.165) is 18.9 Å². The van der Waals surface area contributed by atoms with Crippen molar-refractivity contribution in [1.82, 2.24) is 5.32 Å². The van der Waals surface area contributed by atoms with Crippen molar-refractivity contribution in [1.29, 1.82) is 0 Å². The van der Waals surface area contributed by atoms with Crippen LogP contribution in [-0.4, -0.2) is 17.4 Å². The summed E-state index contributed by atoms with van der Waals surface area (Å²) in [6, 6.07) is 1.72. The lowest BCUT2D eigenvalue weighted by molar-refractivity contribution is -0.385. The van der Waals surface area contributed by atoms with Gasteiger partial charge in [-0.3, -0.25) is 20.8 Å². The number of nitrogens with zero attached hydrogens (tertiary/aromatic N) is 1. The van der Waals surface area contributed by atoms with E-state index in [0.29, 0.717) is 12.6 Å². The number of hydrogen-bond donors (Lipinski definition) is 3. The summed E-state index contributed by atoms with van der Waals surface area (Å²) in [5, 5.41) is 13.5. The van der Waals surface area contributed by atoms with Crippen molar-refractivity contribution in [3.63, 3.8) is 0 Å². The molecule has 1 aromatic carbocycles. The van der Waals surface area contributed by atoms with Crippen molar-refractivity contribution in [2.24, 2.45) is 11.3 Å². The lowest BCUT2D eigenvalue weighted by atomic mass is 10.1. The molecule has 0 heterocycles. The van der Waals surface area contributed by atoms with Crippen molar-refractivity contribution in [3.8, 4) is 0 Å². The van der Waals surface area contributed by atoms with Crippen LogP contribution in [0.4, 0.5) is 15.8 Å². The predicted molar refractivity (Wildman–Crippen MR) is 70.5 cm³/mol. The van der Waals surface area contributed by atoms with Gasteiger partial charge in [0, 0.05) is 6.54 Å². The van der Waals surface area contributed by atoms with Crippen LogP contribution in [0.1, 0.15) is 30.1 Å². The largest absolute Gasteiger partial charge is 0.351 e. The van der Waals surface area contributed by atoms with Gasteiger partial charge in [-0.25, -0.2) is 4.39 Å². The monoisotopic (exact) mass is 282 g/mol. The predicted octanol–water partition coefficient (Wildman–Crippen LogP) is 1.55. The molecule has 0 radical (unpaired) electrons. The minimum absolute atomic E-state index is 0.0689. The summed E-state index contributed by atoms with van der Waals surface area (Å²) in [7, 11) is 0. The first kappa shape index (κ1) is 14.2.